The van der Waals surface area contributed by atoms with Crippen molar-refractivity contribution in [3.8, 4) is 0 Å². The van der Waals surface area contributed by atoms with Gasteiger partial charge in [0.05, 0.1) is 5.69 Å². The largest absolute Gasteiger partial charge is 0.396 e. The summed E-state index contributed by atoms with van der Waals surface area (Å²) >= 11 is 2.10. The van der Waals surface area contributed by atoms with Crippen molar-refractivity contribution in [1.29, 1.82) is 0 Å². The van der Waals surface area contributed by atoms with E-state index in [2.05, 4.69) is 22.6 Å². The van der Waals surface area contributed by atoms with Gasteiger partial charge in [-0.15, -0.1) is 0 Å². The van der Waals surface area contributed by atoms with E-state index in [-0.39, 0.29) is 12.4 Å². The quantitative estimate of drug-likeness (QED) is 0.845. The number of nitrogens with zero attached hydrogens (tertiary/aromatic N) is 1. The summed E-state index contributed by atoms with van der Waals surface area (Å²) in [5.41, 5.74) is 0.659. The number of benzene rings is 1. The van der Waals surface area contributed by atoms with Gasteiger partial charge in [-0.1, -0.05) is 0 Å². The zero-order valence-corrected chi connectivity index (χ0v) is 10.4. The van der Waals surface area contributed by atoms with Gasteiger partial charge >= 0.3 is 0 Å². The molecule has 0 unspecified atom stereocenters. The summed E-state index contributed by atoms with van der Waals surface area (Å²) in [5, 5.41) is 9.02. The van der Waals surface area contributed by atoms with E-state index >= 15 is 0 Å². The molecule has 1 fully saturated rings. The lowest BCUT2D eigenvalue weighted by molar-refractivity contribution is 0.238. The molecule has 4 heteroatoms. The first-order chi connectivity index (χ1) is 7.20. The highest BCUT2D eigenvalue weighted by atomic mass is 127. The third-order valence-corrected chi connectivity index (χ3v) is 3.47. The van der Waals surface area contributed by atoms with Crippen LogP contribution in [-0.4, -0.2) is 24.8 Å². The summed E-state index contributed by atoms with van der Waals surface area (Å²) in [6.45, 7) is 1.79. The fraction of sp³-hybridized carbons (Fsp3) is 0.455. The van der Waals surface area contributed by atoms with Gasteiger partial charge in [-0.2, -0.15) is 0 Å². The first-order valence-electron chi connectivity index (χ1n) is 5.01. The fourth-order valence-corrected chi connectivity index (χ4v) is 2.39. The smallest absolute Gasteiger partial charge is 0.147 e. The summed E-state index contributed by atoms with van der Waals surface area (Å²) in [7, 11) is 0. The minimum Gasteiger partial charge on any atom is -0.396 e. The van der Waals surface area contributed by atoms with Crippen LogP contribution >= 0.6 is 22.6 Å². The molecule has 0 spiro atoms. The molecule has 1 aromatic rings. The van der Waals surface area contributed by atoms with Crippen molar-refractivity contribution in [3.05, 3.63) is 27.6 Å². The molecule has 82 valence electrons. The molecule has 0 aliphatic carbocycles. The van der Waals surface area contributed by atoms with E-state index in [0.29, 0.717) is 11.6 Å². The maximum Gasteiger partial charge on any atom is 0.147 e. The van der Waals surface area contributed by atoms with E-state index in [1.807, 2.05) is 17.0 Å². The lowest BCUT2D eigenvalue weighted by Crippen LogP contribution is -2.21. The van der Waals surface area contributed by atoms with Gasteiger partial charge in [-0.3, -0.25) is 0 Å². The Morgan fingerprint density at radius 2 is 2.33 bits per heavy atom. The van der Waals surface area contributed by atoms with E-state index < -0.39 is 0 Å². The maximum absolute atomic E-state index is 13.6. The fourth-order valence-electron chi connectivity index (χ4n) is 1.94. The molecule has 0 aromatic heterocycles. The summed E-state index contributed by atoms with van der Waals surface area (Å²) in [5.74, 6) is 0.129. The van der Waals surface area contributed by atoms with Crippen LogP contribution in [0.4, 0.5) is 10.1 Å². The Kier molecular flexibility index (Phi) is 3.45. The molecule has 15 heavy (non-hydrogen) atoms. The SMILES string of the molecule is OC[C@H]1CCN(c2ccc(I)cc2F)C1. The average Bonchev–Trinajstić information content (AvgIpc) is 2.66. The summed E-state index contributed by atoms with van der Waals surface area (Å²) in [6, 6.07) is 5.27. The normalized spacial score (nSPS) is 21.0. The van der Waals surface area contributed by atoms with Crippen LogP contribution in [0.1, 0.15) is 6.42 Å². The Balaban J connectivity index is 2.17. The summed E-state index contributed by atoms with van der Waals surface area (Å²) in [4.78, 5) is 2.01. The second-order valence-electron chi connectivity index (χ2n) is 3.88. The topological polar surface area (TPSA) is 23.5 Å². The standard InChI is InChI=1S/C11H13FINO/c12-10-5-9(13)1-2-11(10)14-4-3-8(6-14)7-15/h1-2,5,8,15H,3-4,6-7H2/t8-/m0/s1. The molecule has 1 N–H and O–H groups in total. The van der Waals surface area contributed by atoms with Crippen LogP contribution in [0.15, 0.2) is 18.2 Å². The summed E-state index contributed by atoms with van der Waals surface area (Å²) in [6.07, 6.45) is 0.946. The van der Waals surface area contributed by atoms with Gasteiger partial charge in [0, 0.05) is 29.2 Å². The zero-order chi connectivity index (χ0) is 10.8. The third kappa shape index (κ3) is 2.42. The highest BCUT2D eigenvalue weighted by molar-refractivity contribution is 14.1. The molecular formula is C11H13FINO. The van der Waals surface area contributed by atoms with E-state index in [9.17, 15) is 4.39 Å². The molecule has 1 saturated heterocycles. The Morgan fingerprint density at radius 1 is 1.53 bits per heavy atom. The highest BCUT2D eigenvalue weighted by Gasteiger charge is 2.23. The number of aliphatic hydroxyl groups is 1. The van der Waals surface area contributed by atoms with Crippen LogP contribution < -0.4 is 4.90 Å². The number of rotatable bonds is 2. The third-order valence-electron chi connectivity index (χ3n) is 2.79. The first-order valence-corrected chi connectivity index (χ1v) is 6.09. The first kappa shape index (κ1) is 11.1. The van der Waals surface area contributed by atoms with Gasteiger partial charge in [0.2, 0.25) is 0 Å². The Hall–Kier alpha value is -0.360. The van der Waals surface area contributed by atoms with Crippen LogP contribution in [-0.2, 0) is 0 Å². The van der Waals surface area contributed by atoms with Gasteiger partial charge < -0.3 is 10.0 Å². The van der Waals surface area contributed by atoms with E-state index in [4.69, 9.17) is 5.11 Å². The van der Waals surface area contributed by atoms with E-state index in [1.165, 1.54) is 0 Å². The molecule has 1 atom stereocenters. The second-order valence-corrected chi connectivity index (χ2v) is 5.12. The zero-order valence-electron chi connectivity index (χ0n) is 8.29. The van der Waals surface area contributed by atoms with Crippen LogP contribution in [0.5, 0.6) is 0 Å². The highest BCUT2D eigenvalue weighted by Crippen LogP contribution is 2.27. The van der Waals surface area contributed by atoms with Crippen molar-refractivity contribution in [2.45, 2.75) is 6.42 Å². The maximum atomic E-state index is 13.6. The van der Waals surface area contributed by atoms with Crippen LogP contribution in [0.3, 0.4) is 0 Å². The Bertz CT molecular complexity index is 358. The van der Waals surface area contributed by atoms with Gasteiger partial charge in [-0.05, 0) is 47.2 Å². The molecule has 1 heterocycles. The molecule has 1 aromatic carbocycles. The molecule has 2 nitrogen and oxygen atoms in total. The van der Waals surface area contributed by atoms with Gasteiger partial charge in [0.25, 0.3) is 0 Å². The van der Waals surface area contributed by atoms with Gasteiger partial charge in [-0.25, -0.2) is 4.39 Å². The number of hydrogen-bond acceptors (Lipinski definition) is 2. The molecule has 1 aliphatic rings. The van der Waals surface area contributed by atoms with Crippen LogP contribution in [0.2, 0.25) is 0 Å². The van der Waals surface area contributed by atoms with Crippen molar-refractivity contribution >= 4 is 28.3 Å². The van der Waals surface area contributed by atoms with Crippen molar-refractivity contribution in [2.24, 2.45) is 5.92 Å². The Labute approximate surface area is 102 Å². The van der Waals surface area contributed by atoms with Crippen molar-refractivity contribution in [3.63, 3.8) is 0 Å². The number of halogens is 2. The monoisotopic (exact) mass is 321 g/mol. The minimum absolute atomic E-state index is 0.166. The molecule has 0 radical (unpaired) electrons. The summed E-state index contributed by atoms with van der Waals surface area (Å²) < 4.78 is 14.5. The van der Waals surface area contributed by atoms with Gasteiger partial charge in [0.1, 0.15) is 5.82 Å². The predicted octanol–water partition coefficient (Wildman–Crippen LogP) is 2.25. The molecule has 0 bridgehead atoms. The molecule has 0 amide bonds. The van der Waals surface area contributed by atoms with Gasteiger partial charge in [0.15, 0.2) is 0 Å². The number of anilines is 1. The number of hydrogen-bond donors (Lipinski definition) is 1. The Morgan fingerprint density at radius 3 is 2.93 bits per heavy atom. The van der Waals surface area contributed by atoms with Crippen molar-refractivity contribution in [1.82, 2.24) is 0 Å². The number of aliphatic hydroxyl groups excluding tert-OH is 1. The van der Waals surface area contributed by atoms with Crippen LogP contribution in [0, 0.1) is 15.3 Å². The average molecular weight is 321 g/mol. The van der Waals surface area contributed by atoms with E-state index in [1.54, 1.807) is 6.07 Å². The molecular weight excluding hydrogens is 308 g/mol. The lowest BCUT2D eigenvalue weighted by Gasteiger charge is -2.19. The van der Waals surface area contributed by atoms with Crippen molar-refractivity contribution in [2.75, 3.05) is 24.6 Å². The molecule has 0 saturated carbocycles. The van der Waals surface area contributed by atoms with E-state index in [0.717, 1.165) is 23.1 Å². The lowest BCUT2D eigenvalue weighted by atomic mass is 10.1. The predicted molar refractivity (Wildman–Crippen MR) is 66.5 cm³/mol. The van der Waals surface area contributed by atoms with Crippen molar-refractivity contribution < 1.29 is 9.50 Å². The minimum atomic E-state index is -0.166. The second kappa shape index (κ2) is 4.65. The van der Waals surface area contributed by atoms with Crippen LogP contribution in [0.25, 0.3) is 0 Å². The molecule has 1 aliphatic heterocycles. The molecule has 2 rings (SSSR count).